The van der Waals surface area contributed by atoms with Crippen LogP contribution in [0, 0.1) is 0 Å². The molecule has 1 aromatic carbocycles. The zero-order valence-corrected chi connectivity index (χ0v) is 11.0. The molecule has 17 heavy (non-hydrogen) atoms. The van der Waals surface area contributed by atoms with Crippen LogP contribution in [0.5, 0.6) is 0 Å². The molecule has 0 atom stereocenters. The van der Waals surface area contributed by atoms with E-state index in [1.165, 1.54) is 0 Å². The molecule has 0 unspecified atom stereocenters. The molecule has 3 rings (SSSR count). The first-order valence-electron chi connectivity index (χ1n) is 5.60. The fourth-order valence-corrected chi connectivity index (χ4v) is 3.26. The highest BCUT2D eigenvalue weighted by Gasteiger charge is 2.29. The Bertz CT molecular complexity index is 536. The van der Waals surface area contributed by atoms with Gasteiger partial charge in [-0.15, -0.1) is 0 Å². The highest BCUT2D eigenvalue weighted by atomic mass is 35.5. The number of ether oxygens (including phenoxy) is 1. The number of nitrogens with zero attached hydrogens (tertiary/aromatic N) is 1. The van der Waals surface area contributed by atoms with E-state index >= 15 is 0 Å². The molecule has 3 nitrogen and oxygen atoms in total. The minimum atomic E-state index is 0.408. The lowest BCUT2D eigenvalue weighted by molar-refractivity contribution is 0.0329. The number of halogens is 1. The van der Waals surface area contributed by atoms with Crippen molar-refractivity contribution in [3.05, 3.63) is 23.2 Å². The maximum atomic E-state index is 6.12. The Morgan fingerprint density at radius 1 is 1.47 bits per heavy atom. The minimum absolute atomic E-state index is 0.408. The lowest BCUT2D eigenvalue weighted by atomic mass is 9.89. The number of rotatable bonds is 3. The Balaban J connectivity index is 1.76. The first kappa shape index (κ1) is 11.3. The molecular formula is C12H13ClN2OS. The largest absolute Gasteiger partial charge is 0.381 e. The number of nitrogens with one attached hydrogen (secondary N) is 1. The summed E-state index contributed by atoms with van der Waals surface area (Å²) in [7, 11) is 1.76. The summed E-state index contributed by atoms with van der Waals surface area (Å²) in [6.07, 6.45) is 2.52. The van der Waals surface area contributed by atoms with E-state index in [-0.39, 0.29) is 0 Å². The average molecular weight is 269 g/mol. The minimum Gasteiger partial charge on any atom is -0.381 e. The van der Waals surface area contributed by atoms with E-state index in [0.29, 0.717) is 12.1 Å². The highest BCUT2D eigenvalue weighted by Crippen LogP contribution is 2.34. The summed E-state index contributed by atoms with van der Waals surface area (Å²) >= 11 is 7.74. The maximum Gasteiger partial charge on any atom is 0.184 e. The Hall–Kier alpha value is -0.840. The zero-order valence-electron chi connectivity index (χ0n) is 9.44. The number of anilines is 1. The van der Waals surface area contributed by atoms with Gasteiger partial charge in [-0.3, -0.25) is 0 Å². The molecule has 1 heterocycles. The van der Waals surface area contributed by atoms with Crippen LogP contribution < -0.4 is 5.32 Å². The van der Waals surface area contributed by atoms with Gasteiger partial charge >= 0.3 is 0 Å². The van der Waals surface area contributed by atoms with Gasteiger partial charge in [0.2, 0.25) is 0 Å². The van der Waals surface area contributed by atoms with Crippen molar-refractivity contribution in [3.8, 4) is 0 Å². The molecule has 1 saturated carbocycles. The Labute approximate surface area is 109 Å². The number of methoxy groups -OCH3 is 1. The van der Waals surface area contributed by atoms with Crippen LogP contribution >= 0.6 is 22.9 Å². The smallest absolute Gasteiger partial charge is 0.184 e. The van der Waals surface area contributed by atoms with Crippen LogP contribution in [0.15, 0.2) is 18.2 Å². The summed E-state index contributed by atoms with van der Waals surface area (Å²) in [4.78, 5) is 4.53. The molecule has 0 aliphatic heterocycles. The molecule has 2 aromatic rings. The molecule has 0 bridgehead atoms. The summed E-state index contributed by atoms with van der Waals surface area (Å²) in [5.74, 6) is 0. The fourth-order valence-electron chi connectivity index (χ4n) is 2.03. The van der Waals surface area contributed by atoms with Crippen LogP contribution in [0.25, 0.3) is 10.2 Å². The fraction of sp³-hybridized carbons (Fsp3) is 0.417. The predicted molar refractivity (Wildman–Crippen MR) is 72.1 cm³/mol. The van der Waals surface area contributed by atoms with Crippen molar-refractivity contribution in [3.63, 3.8) is 0 Å². The molecule has 1 aliphatic carbocycles. The van der Waals surface area contributed by atoms with Crippen LogP contribution in [-0.2, 0) is 4.74 Å². The van der Waals surface area contributed by atoms with Crippen molar-refractivity contribution in [2.45, 2.75) is 25.0 Å². The van der Waals surface area contributed by atoms with Gasteiger partial charge in [0.25, 0.3) is 0 Å². The summed E-state index contributed by atoms with van der Waals surface area (Å²) in [6.45, 7) is 0. The van der Waals surface area contributed by atoms with E-state index in [4.69, 9.17) is 16.3 Å². The van der Waals surface area contributed by atoms with Crippen LogP contribution in [-0.4, -0.2) is 24.2 Å². The first-order chi connectivity index (χ1) is 8.26. The summed E-state index contributed by atoms with van der Waals surface area (Å²) < 4.78 is 6.31. The van der Waals surface area contributed by atoms with Crippen molar-refractivity contribution < 1.29 is 4.74 Å². The molecule has 1 aliphatic rings. The maximum absolute atomic E-state index is 6.12. The van der Waals surface area contributed by atoms with Gasteiger partial charge in [-0.2, -0.15) is 0 Å². The molecule has 0 radical (unpaired) electrons. The van der Waals surface area contributed by atoms with Crippen LogP contribution in [0.2, 0.25) is 5.02 Å². The molecule has 0 amide bonds. The van der Waals surface area contributed by atoms with E-state index in [1.807, 2.05) is 18.2 Å². The van der Waals surface area contributed by atoms with E-state index in [1.54, 1.807) is 18.4 Å². The van der Waals surface area contributed by atoms with Crippen LogP contribution in [0.4, 0.5) is 5.13 Å². The molecule has 1 fully saturated rings. The van der Waals surface area contributed by atoms with Gasteiger partial charge in [0.1, 0.15) is 0 Å². The predicted octanol–water partition coefficient (Wildman–Crippen LogP) is 3.54. The monoisotopic (exact) mass is 268 g/mol. The van der Waals surface area contributed by atoms with E-state index < -0.39 is 0 Å². The lowest BCUT2D eigenvalue weighted by Crippen LogP contribution is -2.40. The number of thiazole rings is 1. The highest BCUT2D eigenvalue weighted by molar-refractivity contribution is 7.22. The van der Waals surface area contributed by atoms with Crippen molar-refractivity contribution in [2.24, 2.45) is 0 Å². The number of hydrogen-bond acceptors (Lipinski definition) is 4. The Kier molecular flexibility index (Phi) is 2.94. The van der Waals surface area contributed by atoms with Crippen LogP contribution in [0.3, 0.4) is 0 Å². The zero-order chi connectivity index (χ0) is 11.8. The molecule has 1 aromatic heterocycles. The average Bonchev–Trinajstić information content (AvgIpc) is 2.67. The second-order valence-electron chi connectivity index (χ2n) is 4.28. The third kappa shape index (κ3) is 2.12. The Morgan fingerprint density at radius 3 is 3.00 bits per heavy atom. The van der Waals surface area contributed by atoms with Gasteiger partial charge < -0.3 is 10.1 Å². The summed E-state index contributed by atoms with van der Waals surface area (Å²) in [5, 5.41) is 5.15. The molecule has 0 spiro atoms. The number of aromatic nitrogens is 1. The van der Waals surface area contributed by atoms with E-state index in [0.717, 1.165) is 33.2 Å². The molecular weight excluding hydrogens is 256 g/mol. The molecule has 1 N–H and O–H groups in total. The van der Waals surface area contributed by atoms with Gasteiger partial charge in [0, 0.05) is 13.2 Å². The molecule has 90 valence electrons. The lowest BCUT2D eigenvalue weighted by Gasteiger charge is -2.34. The van der Waals surface area contributed by atoms with Gasteiger partial charge in [-0.05, 0) is 25.0 Å². The quantitative estimate of drug-likeness (QED) is 0.925. The third-order valence-corrected chi connectivity index (χ3v) is 4.59. The molecule has 5 heteroatoms. The summed E-state index contributed by atoms with van der Waals surface area (Å²) in [6, 6.07) is 6.30. The van der Waals surface area contributed by atoms with Crippen molar-refractivity contribution >= 4 is 38.3 Å². The second kappa shape index (κ2) is 4.44. The van der Waals surface area contributed by atoms with E-state index in [9.17, 15) is 0 Å². The van der Waals surface area contributed by atoms with Crippen molar-refractivity contribution in [1.29, 1.82) is 0 Å². The van der Waals surface area contributed by atoms with Crippen molar-refractivity contribution in [1.82, 2.24) is 4.98 Å². The standard InChI is InChI=1S/C12H13ClN2OS/c1-16-8-5-7(6-8)14-12-15-10-4-2-3-9(13)11(10)17-12/h2-4,7-8H,5-6H2,1H3,(H,14,15). The summed E-state index contributed by atoms with van der Waals surface area (Å²) in [5.41, 5.74) is 0.965. The van der Waals surface area contributed by atoms with Gasteiger partial charge in [-0.25, -0.2) is 4.98 Å². The topological polar surface area (TPSA) is 34.1 Å². The normalized spacial score (nSPS) is 23.6. The number of fused-ring (bicyclic) bond motifs is 1. The number of hydrogen-bond donors (Lipinski definition) is 1. The van der Waals surface area contributed by atoms with Crippen molar-refractivity contribution in [2.75, 3.05) is 12.4 Å². The first-order valence-corrected chi connectivity index (χ1v) is 6.80. The molecule has 0 saturated heterocycles. The van der Waals surface area contributed by atoms with E-state index in [2.05, 4.69) is 10.3 Å². The van der Waals surface area contributed by atoms with Gasteiger partial charge in [0.05, 0.1) is 21.3 Å². The SMILES string of the molecule is COC1CC(Nc2nc3cccc(Cl)c3s2)C1. The van der Waals surface area contributed by atoms with Gasteiger partial charge in [-0.1, -0.05) is 29.0 Å². The number of benzene rings is 1. The third-order valence-electron chi connectivity index (χ3n) is 3.12. The van der Waals surface area contributed by atoms with Crippen LogP contribution in [0.1, 0.15) is 12.8 Å². The second-order valence-corrected chi connectivity index (χ2v) is 5.68. The Morgan fingerprint density at radius 2 is 2.29 bits per heavy atom. The van der Waals surface area contributed by atoms with Gasteiger partial charge in [0.15, 0.2) is 5.13 Å².